The molecule has 4 N–H and O–H groups in total. The Morgan fingerprint density at radius 2 is 2.11 bits per heavy atom. The van der Waals surface area contributed by atoms with E-state index < -0.39 is 0 Å². The summed E-state index contributed by atoms with van der Waals surface area (Å²) < 4.78 is 0. The van der Waals surface area contributed by atoms with Crippen LogP contribution in [0, 0.1) is 13.8 Å². The van der Waals surface area contributed by atoms with Crippen molar-refractivity contribution in [3.63, 3.8) is 0 Å². The highest BCUT2D eigenvalue weighted by atomic mass is 15.1. The number of nitrogens with two attached hydrogens (primary N) is 1. The van der Waals surface area contributed by atoms with E-state index in [2.05, 4.69) is 47.7 Å². The second-order valence-corrected chi connectivity index (χ2v) is 4.83. The van der Waals surface area contributed by atoms with Crippen LogP contribution < -0.4 is 16.4 Å². The molecule has 98 valence electrons. The first-order valence-electron chi connectivity index (χ1n) is 6.50. The van der Waals surface area contributed by atoms with Crippen LogP contribution in [0.2, 0.25) is 0 Å². The molecule has 1 unspecified atom stereocenters. The van der Waals surface area contributed by atoms with Gasteiger partial charge < -0.3 is 16.4 Å². The van der Waals surface area contributed by atoms with Gasteiger partial charge in [-0.2, -0.15) is 0 Å². The van der Waals surface area contributed by atoms with E-state index in [4.69, 9.17) is 5.73 Å². The van der Waals surface area contributed by atoms with Gasteiger partial charge in [-0.15, -0.1) is 0 Å². The molecule has 0 radical (unpaired) electrons. The van der Waals surface area contributed by atoms with Gasteiger partial charge in [0.2, 0.25) is 0 Å². The molecule has 0 saturated heterocycles. The summed E-state index contributed by atoms with van der Waals surface area (Å²) in [5.74, 6) is 1.04. The van der Waals surface area contributed by atoms with Gasteiger partial charge in [0.05, 0.1) is 13.1 Å². The van der Waals surface area contributed by atoms with E-state index in [1.165, 1.54) is 16.8 Å². The zero-order chi connectivity index (χ0) is 13.0. The molecule has 0 bridgehead atoms. The Balaban J connectivity index is 1.89. The van der Waals surface area contributed by atoms with Crippen molar-refractivity contribution < 1.29 is 0 Å². The van der Waals surface area contributed by atoms with Gasteiger partial charge in [-0.25, -0.2) is 0 Å². The van der Waals surface area contributed by atoms with E-state index in [9.17, 15) is 0 Å². The highest BCUT2D eigenvalue weighted by Gasteiger charge is 2.16. The Morgan fingerprint density at radius 3 is 2.78 bits per heavy atom. The van der Waals surface area contributed by atoms with Gasteiger partial charge in [0.1, 0.15) is 5.84 Å². The SMILES string of the molecule is Cc1cccc(C)c1NCC1=NCC(CCN)N1. The second-order valence-electron chi connectivity index (χ2n) is 4.83. The fourth-order valence-corrected chi connectivity index (χ4v) is 2.28. The van der Waals surface area contributed by atoms with E-state index in [0.29, 0.717) is 12.6 Å². The van der Waals surface area contributed by atoms with Crippen LogP contribution in [0.1, 0.15) is 17.5 Å². The maximum Gasteiger partial charge on any atom is 0.116 e. The molecule has 1 aliphatic rings. The van der Waals surface area contributed by atoms with Crippen molar-refractivity contribution in [3.8, 4) is 0 Å². The molecular weight excluding hydrogens is 224 g/mol. The number of nitrogens with one attached hydrogen (secondary N) is 2. The van der Waals surface area contributed by atoms with E-state index in [1.54, 1.807) is 0 Å². The van der Waals surface area contributed by atoms with Gasteiger partial charge in [-0.3, -0.25) is 4.99 Å². The zero-order valence-corrected chi connectivity index (χ0v) is 11.2. The van der Waals surface area contributed by atoms with Gasteiger partial charge in [-0.1, -0.05) is 18.2 Å². The van der Waals surface area contributed by atoms with Crippen LogP contribution in [-0.2, 0) is 0 Å². The Hall–Kier alpha value is -1.55. The molecule has 0 fully saturated rings. The Bertz CT molecular complexity index is 419. The van der Waals surface area contributed by atoms with Crippen molar-refractivity contribution in [1.82, 2.24) is 5.32 Å². The molecule has 2 rings (SSSR count). The van der Waals surface area contributed by atoms with E-state index in [1.807, 2.05) is 0 Å². The third-order valence-corrected chi connectivity index (χ3v) is 3.30. The van der Waals surface area contributed by atoms with Gasteiger partial charge in [-0.05, 0) is 37.9 Å². The number of aryl methyl sites for hydroxylation is 2. The minimum atomic E-state index is 0.421. The first kappa shape index (κ1) is 12.9. The van der Waals surface area contributed by atoms with Crippen molar-refractivity contribution in [3.05, 3.63) is 29.3 Å². The topological polar surface area (TPSA) is 62.4 Å². The maximum atomic E-state index is 5.55. The minimum Gasteiger partial charge on any atom is -0.377 e. The lowest BCUT2D eigenvalue weighted by atomic mass is 10.1. The molecule has 1 atom stereocenters. The lowest BCUT2D eigenvalue weighted by molar-refractivity contribution is 0.609. The van der Waals surface area contributed by atoms with Crippen LogP contribution in [0.15, 0.2) is 23.2 Å². The summed E-state index contributed by atoms with van der Waals surface area (Å²) in [7, 11) is 0. The highest BCUT2D eigenvalue weighted by molar-refractivity contribution is 5.88. The third kappa shape index (κ3) is 3.01. The monoisotopic (exact) mass is 246 g/mol. The number of rotatable bonds is 5. The fraction of sp³-hybridized carbons (Fsp3) is 0.500. The Morgan fingerprint density at radius 1 is 1.39 bits per heavy atom. The first-order valence-corrected chi connectivity index (χ1v) is 6.50. The summed E-state index contributed by atoms with van der Waals surface area (Å²) in [6.07, 6.45) is 0.983. The van der Waals surface area contributed by atoms with E-state index >= 15 is 0 Å². The smallest absolute Gasteiger partial charge is 0.116 e. The average Bonchev–Trinajstić information content (AvgIpc) is 2.77. The van der Waals surface area contributed by atoms with Gasteiger partial charge in [0.15, 0.2) is 0 Å². The van der Waals surface area contributed by atoms with Crippen molar-refractivity contribution in [1.29, 1.82) is 0 Å². The lowest BCUT2D eigenvalue weighted by Crippen LogP contribution is -2.35. The fourth-order valence-electron chi connectivity index (χ4n) is 2.28. The summed E-state index contributed by atoms with van der Waals surface area (Å²) in [6, 6.07) is 6.75. The quantitative estimate of drug-likeness (QED) is 0.736. The minimum absolute atomic E-state index is 0.421. The number of amidine groups is 1. The Kier molecular flexibility index (Phi) is 4.20. The molecule has 1 heterocycles. The number of para-hydroxylation sites is 1. The molecular formula is C14H22N4. The van der Waals surface area contributed by atoms with Crippen molar-refractivity contribution in [2.45, 2.75) is 26.3 Å². The number of anilines is 1. The number of nitrogens with zero attached hydrogens (tertiary/aromatic N) is 1. The van der Waals surface area contributed by atoms with Crippen LogP contribution in [0.5, 0.6) is 0 Å². The molecule has 1 aliphatic heterocycles. The molecule has 4 nitrogen and oxygen atoms in total. The average molecular weight is 246 g/mol. The molecule has 0 aromatic heterocycles. The number of hydrogen-bond donors (Lipinski definition) is 3. The summed E-state index contributed by atoms with van der Waals surface area (Å²) in [4.78, 5) is 4.50. The zero-order valence-electron chi connectivity index (χ0n) is 11.2. The van der Waals surface area contributed by atoms with Crippen molar-refractivity contribution >= 4 is 11.5 Å². The third-order valence-electron chi connectivity index (χ3n) is 3.30. The molecule has 0 spiro atoms. The van der Waals surface area contributed by atoms with Gasteiger partial charge in [0, 0.05) is 11.7 Å². The number of benzene rings is 1. The van der Waals surface area contributed by atoms with Crippen LogP contribution in [-0.4, -0.2) is 31.5 Å². The number of aliphatic imine (C=N–C) groups is 1. The first-order chi connectivity index (χ1) is 8.70. The van der Waals surface area contributed by atoms with Crippen LogP contribution in [0.4, 0.5) is 5.69 Å². The molecule has 1 aromatic rings. The largest absolute Gasteiger partial charge is 0.377 e. The summed E-state index contributed by atoms with van der Waals surface area (Å²) in [6.45, 7) is 6.56. The molecule has 18 heavy (non-hydrogen) atoms. The predicted molar refractivity (Wildman–Crippen MR) is 77.3 cm³/mol. The van der Waals surface area contributed by atoms with Crippen molar-refractivity contribution in [2.75, 3.05) is 25.0 Å². The molecule has 0 amide bonds. The van der Waals surface area contributed by atoms with Crippen LogP contribution in [0.25, 0.3) is 0 Å². The molecule has 0 saturated carbocycles. The molecule has 4 heteroatoms. The van der Waals surface area contributed by atoms with Gasteiger partial charge in [0.25, 0.3) is 0 Å². The summed E-state index contributed by atoms with van der Waals surface area (Å²) in [5.41, 5.74) is 9.31. The van der Waals surface area contributed by atoms with Gasteiger partial charge >= 0.3 is 0 Å². The number of hydrogen-bond acceptors (Lipinski definition) is 4. The second kappa shape index (κ2) is 5.87. The standard InChI is InChI=1S/C14H22N4/c1-10-4-3-5-11(2)14(10)17-9-13-16-8-12(18-13)6-7-15/h3-5,12,17H,6-9,15H2,1-2H3,(H,16,18). The lowest BCUT2D eigenvalue weighted by Gasteiger charge is -2.14. The molecule has 1 aromatic carbocycles. The van der Waals surface area contributed by atoms with E-state index in [-0.39, 0.29) is 0 Å². The maximum absolute atomic E-state index is 5.55. The summed E-state index contributed by atoms with van der Waals surface area (Å²) >= 11 is 0. The van der Waals surface area contributed by atoms with E-state index in [0.717, 1.165) is 25.3 Å². The normalized spacial score (nSPS) is 18.4. The summed E-state index contributed by atoms with van der Waals surface area (Å²) in [5, 5.41) is 6.87. The van der Waals surface area contributed by atoms with Crippen LogP contribution >= 0.6 is 0 Å². The van der Waals surface area contributed by atoms with Crippen LogP contribution in [0.3, 0.4) is 0 Å². The molecule has 0 aliphatic carbocycles. The predicted octanol–water partition coefficient (Wildman–Crippen LogP) is 1.43. The van der Waals surface area contributed by atoms with Crippen molar-refractivity contribution in [2.24, 2.45) is 10.7 Å². The highest BCUT2D eigenvalue weighted by Crippen LogP contribution is 2.19. The Labute approximate surface area is 109 Å².